The summed E-state index contributed by atoms with van der Waals surface area (Å²) in [5.74, 6) is 0.0834. The van der Waals surface area contributed by atoms with E-state index in [0.29, 0.717) is 29.5 Å². The van der Waals surface area contributed by atoms with E-state index in [2.05, 4.69) is 5.32 Å². The predicted octanol–water partition coefficient (Wildman–Crippen LogP) is 3.96. The minimum absolute atomic E-state index is 0.112. The average Bonchev–Trinajstić information content (AvgIpc) is 2.59. The Morgan fingerprint density at radius 3 is 2.57 bits per heavy atom. The Labute approximate surface area is 167 Å². The molecular formula is C20H23ClN2O5. The fourth-order valence-electron chi connectivity index (χ4n) is 5.72. The molecule has 1 aromatic carbocycles. The summed E-state index contributed by atoms with van der Waals surface area (Å²) in [7, 11) is 0. The summed E-state index contributed by atoms with van der Waals surface area (Å²) in [6, 6.07) is 4.24. The van der Waals surface area contributed by atoms with E-state index in [4.69, 9.17) is 16.3 Å². The molecule has 4 saturated carbocycles. The van der Waals surface area contributed by atoms with Crippen LogP contribution < -0.4 is 5.32 Å². The van der Waals surface area contributed by atoms with Crippen LogP contribution in [0, 0.1) is 34.3 Å². The van der Waals surface area contributed by atoms with E-state index in [-0.39, 0.29) is 16.5 Å². The zero-order chi connectivity index (χ0) is 20.1. The molecular weight excluding hydrogens is 384 g/mol. The molecule has 150 valence electrons. The summed E-state index contributed by atoms with van der Waals surface area (Å²) < 4.78 is 5.38. The van der Waals surface area contributed by atoms with E-state index < -0.39 is 22.9 Å². The zero-order valence-corrected chi connectivity index (χ0v) is 16.5. The maximum absolute atomic E-state index is 12.9. The highest BCUT2D eigenvalue weighted by molar-refractivity contribution is 6.24. The summed E-state index contributed by atoms with van der Waals surface area (Å²) in [5.41, 5.74) is 0.354. The number of nitrogens with one attached hydrogen (secondary N) is 1. The number of nitrogens with zero attached hydrogens (tertiary/aromatic N) is 1. The molecule has 1 amide bonds. The lowest BCUT2D eigenvalue weighted by molar-refractivity contribution is -0.384. The number of amides is 1. The third-order valence-corrected chi connectivity index (χ3v) is 6.91. The van der Waals surface area contributed by atoms with Crippen molar-refractivity contribution in [2.45, 2.75) is 50.3 Å². The highest BCUT2D eigenvalue weighted by Crippen LogP contribution is 2.64. The van der Waals surface area contributed by atoms with Crippen molar-refractivity contribution in [3.63, 3.8) is 0 Å². The number of nitro benzene ring substituents is 1. The Morgan fingerprint density at radius 1 is 1.29 bits per heavy atom. The molecule has 0 saturated heterocycles. The van der Waals surface area contributed by atoms with Crippen molar-refractivity contribution in [2.75, 3.05) is 11.9 Å². The summed E-state index contributed by atoms with van der Waals surface area (Å²) in [6.07, 6.45) is 5.28. The van der Waals surface area contributed by atoms with Gasteiger partial charge in [0.25, 0.3) is 11.6 Å². The third-order valence-electron chi connectivity index (χ3n) is 6.46. The van der Waals surface area contributed by atoms with Crippen molar-refractivity contribution in [1.82, 2.24) is 0 Å². The lowest BCUT2D eigenvalue weighted by Gasteiger charge is -2.58. The molecule has 4 aliphatic rings. The summed E-state index contributed by atoms with van der Waals surface area (Å²) >= 11 is 6.75. The molecule has 4 bridgehead atoms. The number of halogens is 1. The molecule has 1 aromatic rings. The van der Waals surface area contributed by atoms with E-state index in [1.54, 1.807) is 13.0 Å². The van der Waals surface area contributed by atoms with Gasteiger partial charge in [-0.25, -0.2) is 0 Å². The molecule has 4 atom stereocenters. The molecule has 0 radical (unpaired) electrons. The first-order chi connectivity index (χ1) is 13.2. The smallest absolute Gasteiger partial charge is 0.312 e. The number of hydrogen-bond acceptors (Lipinski definition) is 5. The summed E-state index contributed by atoms with van der Waals surface area (Å²) in [4.78, 5) is 35.2. The molecule has 0 heterocycles. The minimum Gasteiger partial charge on any atom is -0.455 e. The molecule has 0 aromatic heterocycles. The normalized spacial score (nSPS) is 32.8. The number of nitro groups is 1. The Balaban J connectivity index is 1.38. The fraction of sp³-hybridized carbons (Fsp3) is 0.600. The molecule has 28 heavy (non-hydrogen) atoms. The topological polar surface area (TPSA) is 98.5 Å². The van der Waals surface area contributed by atoms with E-state index in [9.17, 15) is 19.7 Å². The van der Waals surface area contributed by atoms with Crippen LogP contribution in [0.25, 0.3) is 0 Å². The van der Waals surface area contributed by atoms with Gasteiger partial charge in [-0.15, -0.1) is 11.6 Å². The number of carbonyl (C=O) groups excluding carboxylic acids is 2. The second kappa shape index (κ2) is 6.72. The van der Waals surface area contributed by atoms with Gasteiger partial charge in [-0.2, -0.15) is 0 Å². The van der Waals surface area contributed by atoms with Crippen LogP contribution in [0.2, 0.25) is 0 Å². The molecule has 1 N–H and O–H groups in total. The first kappa shape index (κ1) is 19.2. The first-order valence-electron chi connectivity index (χ1n) is 9.59. The Bertz CT molecular complexity index is 841. The van der Waals surface area contributed by atoms with Crippen LogP contribution in [-0.4, -0.2) is 28.3 Å². The molecule has 5 rings (SSSR count). The van der Waals surface area contributed by atoms with Gasteiger partial charge >= 0.3 is 5.97 Å². The summed E-state index contributed by atoms with van der Waals surface area (Å²) in [6.45, 7) is 1.33. The summed E-state index contributed by atoms with van der Waals surface area (Å²) in [5, 5.41) is 13.5. The van der Waals surface area contributed by atoms with Crippen molar-refractivity contribution in [3.8, 4) is 0 Å². The fourth-order valence-corrected chi connectivity index (χ4v) is 6.41. The lowest BCUT2D eigenvalue weighted by Crippen LogP contribution is -2.56. The molecule has 4 fully saturated rings. The van der Waals surface area contributed by atoms with Gasteiger partial charge in [0.1, 0.15) is 0 Å². The standard InChI is InChI=1S/C20H23ClN2O5/c1-12-2-3-15(23(26)27)5-16(12)22-17(24)10-28-18(25)19-6-13-4-14(7-19)9-20(21,8-13)11-19/h2-3,5,13-14H,4,6-11H2,1H3,(H,22,24)/t13-,14+,19?,20?. The molecule has 4 aliphatic carbocycles. The number of rotatable bonds is 5. The first-order valence-corrected chi connectivity index (χ1v) is 9.97. The SMILES string of the molecule is Cc1ccc([N+](=O)[O-])cc1NC(=O)COC(=O)C12C[C@@H]3C[C@@H](CC(Cl)(C3)C1)C2. The molecule has 8 heteroatoms. The maximum Gasteiger partial charge on any atom is 0.312 e. The Morgan fingerprint density at radius 2 is 1.96 bits per heavy atom. The van der Waals surface area contributed by atoms with Gasteiger partial charge in [-0.05, 0) is 62.8 Å². The van der Waals surface area contributed by atoms with Crippen LogP contribution in [0.3, 0.4) is 0 Å². The highest BCUT2D eigenvalue weighted by atomic mass is 35.5. The van der Waals surface area contributed by atoms with Crippen LogP contribution >= 0.6 is 11.6 Å². The zero-order valence-electron chi connectivity index (χ0n) is 15.7. The quantitative estimate of drug-likeness (QED) is 0.345. The van der Waals surface area contributed by atoms with Crippen LogP contribution in [0.5, 0.6) is 0 Å². The van der Waals surface area contributed by atoms with Gasteiger partial charge < -0.3 is 10.1 Å². The Kier molecular flexibility index (Phi) is 4.61. The van der Waals surface area contributed by atoms with Crippen molar-refractivity contribution in [3.05, 3.63) is 33.9 Å². The third kappa shape index (κ3) is 3.48. The van der Waals surface area contributed by atoms with E-state index >= 15 is 0 Å². The number of anilines is 1. The van der Waals surface area contributed by atoms with E-state index in [0.717, 1.165) is 32.1 Å². The van der Waals surface area contributed by atoms with Crippen LogP contribution in [0.15, 0.2) is 18.2 Å². The van der Waals surface area contributed by atoms with Crippen LogP contribution in [0.4, 0.5) is 11.4 Å². The van der Waals surface area contributed by atoms with Gasteiger partial charge in [0, 0.05) is 17.0 Å². The highest BCUT2D eigenvalue weighted by Gasteiger charge is 2.60. The number of non-ortho nitro benzene ring substituents is 1. The van der Waals surface area contributed by atoms with Gasteiger partial charge in [0.2, 0.25) is 0 Å². The second-order valence-corrected chi connectivity index (χ2v) is 9.57. The molecule has 0 aliphatic heterocycles. The molecule has 2 unspecified atom stereocenters. The number of aryl methyl sites for hydroxylation is 1. The van der Waals surface area contributed by atoms with Gasteiger partial charge in [0.15, 0.2) is 6.61 Å². The monoisotopic (exact) mass is 406 g/mol. The van der Waals surface area contributed by atoms with Crippen LogP contribution in [0.1, 0.15) is 44.1 Å². The number of benzene rings is 1. The minimum atomic E-state index is -0.562. The van der Waals surface area contributed by atoms with Gasteiger partial charge in [-0.1, -0.05) is 6.07 Å². The van der Waals surface area contributed by atoms with E-state index in [1.807, 2.05) is 0 Å². The number of alkyl halides is 1. The number of esters is 1. The van der Waals surface area contributed by atoms with Crippen molar-refractivity contribution in [2.24, 2.45) is 17.3 Å². The Hall–Kier alpha value is -2.15. The largest absolute Gasteiger partial charge is 0.455 e. The maximum atomic E-state index is 12.9. The van der Waals surface area contributed by atoms with E-state index in [1.165, 1.54) is 12.1 Å². The predicted molar refractivity (Wildman–Crippen MR) is 103 cm³/mol. The second-order valence-electron chi connectivity index (χ2n) is 8.77. The number of hydrogen-bond donors (Lipinski definition) is 1. The van der Waals surface area contributed by atoms with Crippen molar-refractivity contribution < 1.29 is 19.2 Å². The molecule has 7 nitrogen and oxygen atoms in total. The number of carbonyl (C=O) groups is 2. The van der Waals surface area contributed by atoms with Gasteiger partial charge in [-0.3, -0.25) is 19.7 Å². The lowest BCUT2D eigenvalue weighted by atomic mass is 9.49. The number of ether oxygens (including phenoxy) is 1. The van der Waals surface area contributed by atoms with Gasteiger partial charge in [0.05, 0.1) is 16.0 Å². The van der Waals surface area contributed by atoms with Crippen LogP contribution in [-0.2, 0) is 14.3 Å². The molecule has 0 spiro atoms. The average molecular weight is 407 g/mol. The van der Waals surface area contributed by atoms with Crippen molar-refractivity contribution in [1.29, 1.82) is 0 Å². The van der Waals surface area contributed by atoms with Crippen molar-refractivity contribution >= 4 is 34.9 Å².